The number of carbonyl (C=O) groups excluding carboxylic acids is 1. The summed E-state index contributed by atoms with van der Waals surface area (Å²) in [5.74, 6) is 0.176. The summed E-state index contributed by atoms with van der Waals surface area (Å²) in [4.78, 5) is 14.5. The van der Waals surface area contributed by atoms with E-state index < -0.39 is 5.97 Å². The molecule has 6 nitrogen and oxygen atoms in total. The lowest BCUT2D eigenvalue weighted by molar-refractivity contribution is 0.0533. The minimum atomic E-state index is -0.392. The number of anilines is 2. The molecule has 118 valence electrons. The molecule has 7 heteroatoms. The van der Waals surface area contributed by atoms with Crippen LogP contribution in [0.15, 0.2) is 0 Å². The molecule has 0 atom stereocenters. The van der Waals surface area contributed by atoms with Gasteiger partial charge in [-0.2, -0.15) is 0 Å². The van der Waals surface area contributed by atoms with Gasteiger partial charge in [-0.15, -0.1) is 11.3 Å². The lowest BCUT2D eigenvalue weighted by Crippen LogP contribution is -2.36. The van der Waals surface area contributed by atoms with Crippen LogP contribution in [0.2, 0.25) is 0 Å². The normalized spacial score (nSPS) is 16.0. The van der Waals surface area contributed by atoms with E-state index in [4.69, 9.17) is 19.9 Å². The summed E-state index contributed by atoms with van der Waals surface area (Å²) in [6.45, 7) is 3.82. The Balaban J connectivity index is 2.23. The fourth-order valence-corrected chi connectivity index (χ4v) is 3.60. The van der Waals surface area contributed by atoms with Gasteiger partial charge in [-0.3, -0.25) is 0 Å². The SMILES string of the molecule is CCOC(=O)c1sc(N2CCC(OC)CC2)c(OC)c1N. The minimum absolute atomic E-state index is 0.300. The molecular formula is C14H22N2O4S. The number of rotatable bonds is 5. The van der Waals surface area contributed by atoms with Crippen molar-refractivity contribution in [2.75, 3.05) is 44.5 Å². The molecule has 2 N–H and O–H groups in total. The highest BCUT2D eigenvalue weighted by Gasteiger charge is 2.28. The Labute approximate surface area is 128 Å². The molecular weight excluding hydrogens is 292 g/mol. The van der Waals surface area contributed by atoms with Gasteiger partial charge < -0.3 is 24.8 Å². The maximum Gasteiger partial charge on any atom is 0.350 e. The van der Waals surface area contributed by atoms with Gasteiger partial charge in [0.1, 0.15) is 15.6 Å². The van der Waals surface area contributed by atoms with Crippen LogP contribution in [-0.2, 0) is 9.47 Å². The Morgan fingerprint density at radius 1 is 1.38 bits per heavy atom. The van der Waals surface area contributed by atoms with Gasteiger partial charge in [-0.1, -0.05) is 0 Å². The molecule has 0 aromatic carbocycles. The van der Waals surface area contributed by atoms with Gasteiger partial charge in [0.2, 0.25) is 0 Å². The Bertz CT molecular complexity index is 495. The van der Waals surface area contributed by atoms with E-state index in [0.717, 1.165) is 30.9 Å². The highest BCUT2D eigenvalue weighted by molar-refractivity contribution is 7.19. The number of carbonyl (C=O) groups is 1. The molecule has 1 aromatic heterocycles. The molecule has 2 heterocycles. The van der Waals surface area contributed by atoms with Crippen molar-refractivity contribution in [1.82, 2.24) is 0 Å². The first-order chi connectivity index (χ1) is 10.1. The number of thiophene rings is 1. The average molecular weight is 314 g/mol. The number of piperidine rings is 1. The third-order valence-electron chi connectivity index (χ3n) is 3.61. The van der Waals surface area contributed by atoms with Crippen LogP contribution in [0, 0.1) is 0 Å². The summed E-state index contributed by atoms with van der Waals surface area (Å²) in [5, 5.41) is 0.896. The molecule has 1 aliphatic rings. The highest BCUT2D eigenvalue weighted by Crippen LogP contribution is 2.45. The third-order valence-corrected chi connectivity index (χ3v) is 4.84. The Kier molecular flexibility index (Phi) is 5.30. The molecule has 21 heavy (non-hydrogen) atoms. The first-order valence-electron chi connectivity index (χ1n) is 7.03. The minimum Gasteiger partial charge on any atom is -0.492 e. The van der Waals surface area contributed by atoms with Crippen molar-refractivity contribution in [2.24, 2.45) is 0 Å². The van der Waals surface area contributed by atoms with Crippen LogP contribution in [0.1, 0.15) is 29.4 Å². The number of methoxy groups -OCH3 is 2. The van der Waals surface area contributed by atoms with E-state index in [1.54, 1.807) is 21.1 Å². The van der Waals surface area contributed by atoms with Crippen molar-refractivity contribution < 1.29 is 19.0 Å². The fourth-order valence-electron chi connectivity index (χ4n) is 2.46. The third kappa shape index (κ3) is 3.24. The number of nitrogens with two attached hydrogens (primary N) is 1. The van der Waals surface area contributed by atoms with Crippen LogP contribution in [-0.4, -0.2) is 46.0 Å². The summed E-state index contributed by atoms with van der Waals surface area (Å²) in [5.41, 5.74) is 6.40. The molecule has 0 unspecified atom stereocenters. The maximum absolute atomic E-state index is 11.9. The Morgan fingerprint density at radius 2 is 2.05 bits per heavy atom. The van der Waals surface area contributed by atoms with Gasteiger partial charge in [-0.25, -0.2) is 4.79 Å². The molecule has 0 amide bonds. The van der Waals surface area contributed by atoms with Crippen molar-refractivity contribution in [1.29, 1.82) is 0 Å². The predicted molar refractivity (Wildman–Crippen MR) is 83.5 cm³/mol. The summed E-state index contributed by atoms with van der Waals surface area (Å²) < 4.78 is 15.8. The summed E-state index contributed by atoms with van der Waals surface area (Å²) in [7, 11) is 3.31. The lowest BCUT2D eigenvalue weighted by atomic mass is 10.1. The molecule has 0 saturated carbocycles. The van der Waals surface area contributed by atoms with E-state index in [1.807, 2.05) is 0 Å². The zero-order valence-electron chi connectivity index (χ0n) is 12.7. The molecule has 0 spiro atoms. The topological polar surface area (TPSA) is 74.0 Å². The Morgan fingerprint density at radius 3 is 2.57 bits per heavy atom. The van der Waals surface area contributed by atoms with Crippen LogP contribution in [0.25, 0.3) is 0 Å². The molecule has 0 bridgehead atoms. The van der Waals surface area contributed by atoms with Gasteiger partial charge in [0.15, 0.2) is 5.75 Å². The highest BCUT2D eigenvalue weighted by atomic mass is 32.1. The summed E-state index contributed by atoms with van der Waals surface area (Å²) in [6, 6.07) is 0. The quantitative estimate of drug-likeness (QED) is 0.839. The second-order valence-electron chi connectivity index (χ2n) is 4.83. The number of hydrogen-bond acceptors (Lipinski definition) is 7. The number of ether oxygens (including phenoxy) is 3. The predicted octanol–water partition coefficient (Wildman–Crippen LogP) is 2.13. The van der Waals surface area contributed by atoms with Crippen LogP contribution in [0.5, 0.6) is 5.75 Å². The van der Waals surface area contributed by atoms with Crippen LogP contribution >= 0.6 is 11.3 Å². The molecule has 1 saturated heterocycles. The van der Waals surface area contributed by atoms with E-state index in [9.17, 15) is 4.79 Å². The average Bonchev–Trinajstić information content (AvgIpc) is 2.84. The first kappa shape index (κ1) is 15.9. The standard InChI is InChI=1S/C14H22N2O4S/c1-4-20-14(17)12-10(15)11(19-3)13(21-12)16-7-5-9(18-2)6-8-16/h9H,4-8,15H2,1-3H3. The van der Waals surface area contributed by atoms with E-state index in [-0.39, 0.29) is 0 Å². The van der Waals surface area contributed by atoms with E-state index in [0.29, 0.717) is 29.0 Å². The van der Waals surface area contributed by atoms with Crippen molar-refractivity contribution >= 4 is 28.0 Å². The van der Waals surface area contributed by atoms with Crippen molar-refractivity contribution in [3.8, 4) is 5.75 Å². The van der Waals surface area contributed by atoms with Crippen LogP contribution in [0.3, 0.4) is 0 Å². The van der Waals surface area contributed by atoms with Gasteiger partial charge in [-0.05, 0) is 19.8 Å². The van der Waals surface area contributed by atoms with E-state index in [1.165, 1.54) is 11.3 Å². The van der Waals surface area contributed by atoms with Crippen molar-refractivity contribution in [2.45, 2.75) is 25.9 Å². The molecule has 1 aromatic rings. The molecule has 2 rings (SSSR count). The number of nitrogens with zero attached hydrogens (tertiary/aromatic N) is 1. The van der Waals surface area contributed by atoms with Gasteiger partial charge in [0.05, 0.1) is 19.8 Å². The summed E-state index contributed by atoms with van der Waals surface area (Å²) >= 11 is 1.33. The van der Waals surface area contributed by atoms with Gasteiger partial charge in [0, 0.05) is 20.2 Å². The van der Waals surface area contributed by atoms with Gasteiger partial charge in [0.25, 0.3) is 0 Å². The fraction of sp³-hybridized carbons (Fsp3) is 0.643. The Hall–Kier alpha value is -1.47. The first-order valence-corrected chi connectivity index (χ1v) is 7.85. The largest absolute Gasteiger partial charge is 0.492 e. The zero-order chi connectivity index (χ0) is 15.4. The van der Waals surface area contributed by atoms with E-state index in [2.05, 4.69) is 4.90 Å². The van der Waals surface area contributed by atoms with Crippen molar-refractivity contribution in [3.63, 3.8) is 0 Å². The monoisotopic (exact) mass is 314 g/mol. The van der Waals surface area contributed by atoms with Crippen molar-refractivity contribution in [3.05, 3.63) is 4.88 Å². The lowest BCUT2D eigenvalue weighted by Gasteiger charge is -2.32. The smallest absolute Gasteiger partial charge is 0.350 e. The molecule has 0 aliphatic carbocycles. The summed E-state index contributed by atoms with van der Waals surface area (Å²) in [6.07, 6.45) is 2.20. The second-order valence-corrected chi connectivity index (χ2v) is 5.82. The number of esters is 1. The van der Waals surface area contributed by atoms with Gasteiger partial charge >= 0.3 is 5.97 Å². The molecule has 0 radical (unpaired) electrons. The zero-order valence-corrected chi connectivity index (χ0v) is 13.5. The van der Waals surface area contributed by atoms with Crippen LogP contribution in [0.4, 0.5) is 10.7 Å². The van der Waals surface area contributed by atoms with Crippen LogP contribution < -0.4 is 15.4 Å². The second kappa shape index (κ2) is 7.00. The molecule has 1 fully saturated rings. The maximum atomic E-state index is 11.9. The van der Waals surface area contributed by atoms with E-state index >= 15 is 0 Å². The molecule has 1 aliphatic heterocycles. The number of hydrogen-bond donors (Lipinski definition) is 1. The number of nitrogen functional groups attached to an aromatic ring is 1.